The molecule has 0 saturated carbocycles. The first-order chi connectivity index (χ1) is 13.6. The van der Waals surface area contributed by atoms with Crippen LogP contribution in [0.1, 0.15) is 5.56 Å². The van der Waals surface area contributed by atoms with Crippen LogP contribution in [0.25, 0.3) is 6.08 Å². The van der Waals surface area contributed by atoms with Crippen molar-refractivity contribution in [3.63, 3.8) is 0 Å². The van der Waals surface area contributed by atoms with Crippen LogP contribution in [0, 0.1) is 0 Å². The Balaban J connectivity index is 2.57. The van der Waals surface area contributed by atoms with Crippen LogP contribution in [0.3, 0.4) is 0 Å². The molecule has 0 amide bonds. The molecule has 0 saturated heterocycles. The van der Waals surface area contributed by atoms with Gasteiger partial charge in [0.15, 0.2) is 11.5 Å². The van der Waals surface area contributed by atoms with Crippen LogP contribution in [0.2, 0.25) is 10.0 Å². The third-order valence-electron chi connectivity index (χ3n) is 3.70. The number of methoxy groups -OCH3 is 3. The van der Waals surface area contributed by atoms with Crippen molar-refractivity contribution in [1.29, 1.82) is 0 Å². The van der Waals surface area contributed by atoms with E-state index in [1.807, 2.05) is 0 Å². The first-order valence-electron chi connectivity index (χ1n) is 7.92. The molecule has 3 N–H and O–H groups in total. The Morgan fingerprint density at radius 3 is 2.21 bits per heavy atom. The number of rotatable bonds is 7. The third-order valence-corrected chi connectivity index (χ3v) is 5.71. The topological polar surface area (TPSA) is 117 Å². The van der Waals surface area contributed by atoms with Crippen molar-refractivity contribution in [1.82, 2.24) is 0 Å². The lowest BCUT2D eigenvalue weighted by Crippen LogP contribution is -2.15. The normalized spacial score (nSPS) is 11.3. The number of nitrogens with two attached hydrogens (primary N) is 1. The lowest BCUT2D eigenvalue weighted by Gasteiger charge is -2.16. The average molecular weight is 461 g/mol. The van der Waals surface area contributed by atoms with Gasteiger partial charge in [-0.2, -0.15) is 0 Å². The first-order valence-corrected chi connectivity index (χ1v) is 10.2. The SMILES string of the molecule is COC(=O)/C=C/c1cc(OC)c(OC)c(S(=O)(=O)Nc2cc(Cl)c(N)c(Cl)c2)c1. The Bertz CT molecular complexity index is 1050. The molecule has 11 heteroatoms. The molecule has 0 bridgehead atoms. The third kappa shape index (κ3) is 5.26. The van der Waals surface area contributed by atoms with Crippen LogP contribution >= 0.6 is 23.2 Å². The molecule has 0 fully saturated rings. The Morgan fingerprint density at radius 1 is 1.07 bits per heavy atom. The van der Waals surface area contributed by atoms with E-state index in [-0.39, 0.29) is 37.8 Å². The maximum Gasteiger partial charge on any atom is 0.330 e. The zero-order chi connectivity index (χ0) is 21.8. The Morgan fingerprint density at radius 2 is 1.69 bits per heavy atom. The molecule has 2 rings (SSSR count). The van der Waals surface area contributed by atoms with E-state index in [0.717, 1.165) is 6.08 Å². The summed E-state index contributed by atoms with van der Waals surface area (Å²) < 4.78 is 43.4. The van der Waals surface area contributed by atoms with Gasteiger partial charge in [-0.05, 0) is 35.9 Å². The van der Waals surface area contributed by atoms with Gasteiger partial charge in [-0.3, -0.25) is 4.72 Å². The van der Waals surface area contributed by atoms with E-state index in [0.29, 0.717) is 5.56 Å². The molecule has 0 unspecified atom stereocenters. The van der Waals surface area contributed by atoms with Crippen LogP contribution < -0.4 is 19.9 Å². The molecule has 0 radical (unpaired) electrons. The second-order valence-corrected chi connectivity index (χ2v) is 8.04. The van der Waals surface area contributed by atoms with E-state index >= 15 is 0 Å². The van der Waals surface area contributed by atoms with Gasteiger partial charge >= 0.3 is 5.97 Å². The monoisotopic (exact) mass is 460 g/mol. The Hall–Kier alpha value is -2.62. The Labute approximate surface area is 178 Å². The number of nitrogen functional groups attached to an aromatic ring is 1. The Kier molecular flexibility index (Phi) is 7.23. The summed E-state index contributed by atoms with van der Waals surface area (Å²) in [5, 5.41) is 0.184. The number of carbonyl (C=O) groups excluding carboxylic acids is 1. The smallest absolute Gasteiger partial charge is 0.330 e. The number of esters is 1. The van der Waals surface area contributed by atoms with E-state index in [1.165, 1.54) is 51.7 Å². The molecule has 8 nitrogen and oxygen atoms in total. The van der Waals surface area contributed by atoms with Crippen molar-refractivity contribution in [2.75, 3.05) is 31.8 Å². The van der Waals surface area contributed by atoms with E-state index in [1.54, 1.807) is 0 Å². The summed E-state index contributed by atoms with van der Waals surface area (Å²) in [4.78, 5) is 11.1. The van der Waals surface area contributed by atoms with Crippen molar-refractivity contribution in [3.8, 4) is 11.5 Å². The van der Waals surface area contributed by atoms with Gasteiger partial charge in [0, 0.05) is 6.08 Å². The highest BCUT2D eigenvalue weighted by Crippen LogP contribution is 2.38. The number of ether oxygens (including phenoxy) is 3. The number of benzene rings is 2. The van der Waals surface area contributed by atoms with Gasteiger partial charge in [-0.25, -0.2) is 13.2 Å². The minimum Gasteiger partial charge on any atom is -0.493 e. The van der Waals surface area contributed by atoms with Gasteiger partial charge < -0.3 is 19.9 Å². The van der Waals surface area contributed by atoms with Crippen molar-refractivity contribution in [2.45, 2.75) is 4.90 Å². The number of nitrogens with one attached hydrogen (secondary N) is 1. The lowest BCUT2D eigenvalue weighted by atomic mass is 10.2. The fourth-order valence-electron chi connectivity index (χ4n) is 2.33. The van der Waals surface area contributed by atoms with Crippen molar-refractivity contribution >= 4 is 56.6 Å². The van der Waals surface area contributed by atoms with E-state index in [9.17, 15) is 13.2 Å². The summed E-state index contributed by atoms with van der Waals surface area (Å²) in [7, 11) is -0.279. The first kappa shape index (κ1) is 22.7. The molecule has 0 aliphatic heterocycles. The van der Waals surface area contributed by atoms with Gasteiger partial charge in [0.2, 0.25) is 0 Å². The molecule has 0 heterocycles. The molecule has 0 aliphatic carbocycles. The highest BCUT2D eigenvalue weighted by molar-refractivity contribution is 7.92. The number of hydrogen-bond acceptors (Lipinski definition) is 7. The summed E-state index contributed by atoms with van der Waals surface area (Å²) in [6.45, 7) is 0. The van der Waals surface area contributed by atoms with Crippen LogP contribution in [0.5, 0.6) is 11.5 Å². The molecule has 2 aromatic carbocycles. The van der Waals surface area contributed by atoms with E-state index in [2.05, 4.69) is 9.46 Å². The quantitative estimate of drug-likeness (QED) is 0.368. The fourth-order valence-corrected chi connectivity index (χ4v) is 4.08. The lowest BCUT2D eigenvalue weighted by molar-refractivity contribution is -0.134. The maximum atomic E-state index is 13.0. The number of hydrogen-bond donors (Lipinski definition) is 2. The minimum atomic E-state index is -4.16. The molecular weight excluding hydrogens is 443 g/mol. The van der Waals surface area contributed by atoms with E-state index in [4.69, 9.17) is 38.4 Å². The van der Waals surface area contributed by atoms with Gasteiger partial charge in [-0.1, -0.05) is 23.2 Å². The number of sulfonamides is 1. The standard InChI is InChI=1S/C18H18Cl2N2O6S/c1-26-14-6-10(4-5-16(23)27-2)7-15(18(14)28-3)29(24,25)22-11-8-12(19)17(21)13(20)9-11/h4-9,22H,21H2,1-3H3/b5-4+. The summed E-state index contributed by atoms with van der Waals surface area (Å²) in [5.74, 6) is -0.482. The van der Waals surface area contributed by atoms with Crippen LogP contribution in [0.4, 0.5) is 11.4 Å². The van der Waals surface area contributed by atoms with Gasteiger partial charge in [-0.15, -0.1) is 0 Å². The van der Waals surface area contributed by atoms with Crippen LogP contribution in [-0.2, 0) is 19.6 Å². The van der Waals surface area contributed by atoms with Crippen molar-refractivity contribution < 1.29 is 27.4 Å². The molecular formula is C18H18Cl2N2O6S. The highest BCUT2D eigenvalue weighted by Gasteiger charge is 2.24. The molecule has 0 atom stereocenters. The highest BCUT2D eigenvalue weighted by atomic mass is 35.5. The molecule has 0 aliphatic rings. The predicted molar refractivity (Wildman–Crippen MR) is 112 cm³/mol. The predicted octanol–water partition coefficient (Wildman–Crippen LogP) is 3.58. The fraction of sp³-hybridized carbons (Fsp3) is 0.167. The van der Waals surface area contributed by atoms with Crippen molar-refractivity contribution in [3.05, 3.63) is 46.0 Å². The second-order valence-electron chi connectivity index (χ2n) is 5.57. The van der Waals surface area contributed by atoms with E-state index < -0.39 is 16.0 Å². The second kappa shape index (κ2) is 9.25. The largest absolute Gasteiger partial charge is 0.493 e. The van der Waals surface area contributed by atoms with Crippen LogP contribution in [0.15, 0.2) is 35.2 Å². The molecule has 2 aromatic rings. The van der Waals surface area contributed by atoms with Gasteiger partial charge in [0.05, 0.1) is 42.7 Å². The maximum absolute atomic E-state index is 13.0. The average Bonchev–Trinajstić information content (AvgIpc) is 2.68. The number of anilines is 2. The summed E-state index contributed by atoms with van der Waals surface area (Å²) in [6, 6.07) is 5.47. The number of halogens is 2. The molecule has 29 heavy (non-hydrogen) atoms. The number of carbonyl (C=O) groups is 1. The van der Waals surface area contributed by atoms with Crippen LogP contribution in [-0.4, -0.2) is 35.7 Å². The zero-order valence-corrected chi connectivity index (χ0v) is 18.0. The summed E-state index contributed by atoms with van der Waals surface area (Å²) in [6.07, 6.45) is 2.52. The molecule has 0 spiro atoms. The minimum absolute atomic E-state index is 0.0251. The molecule has 156 valence electrons. The molecule has 0 aromatic heterocycles. The summed E-state index contributed by atoms with van der Waals surface area (Å²) in [5.41, 5.74) is 6.27. The van der Waals surface area contributed by atoms with Gasteiger partial charge in [0.1, 0.15) is 4.90 Å². The van der Waals surface area contributed by atoms with Gasteiger partial charge in [0.25, 0.3) is 10.0 Å². The summed E-state index contributed by atoms with van der Waals surface area (Å²) >= 11 is 11.9. The zero-order valence-electron chi connectivity index (χ0n) is 15.7. The van der Waals surface area contributed by atoms with Crippen molar-refractivity contribution in [2.24, 2.45) is 0 Å².